The average molecular weight is 301 g/mol. The van der Waals surface area contributed by atoms with Gasteiger partial charge in [0.25, 0.3) is 5.91 Å². The van der Waals surface area contributed by atoms with Gasteiger partial charge in [0.1, 0.15) is 0 Å². The number of aliphatic hydroxyl groups is 1. The van der Waals surface area contributed by atoms with Crippen molar-refractivity contribution in [1.29, 1.82) is 0 Å². The van der Waals surface area contributed by atoms with E-state index in [0.717, 1.165) is 23.7 Å². The summed E-state index contributed by atoms with van der Waals surface area (Å²) in [4.78, 5) is 27.0. The molecule has 6 nitrogen and oxygen atoms in total. The van der Waals surface area contributed by atoms with Crippen LogP contribution >= 0.6 is 0 Å². The van der Waals surface area contributed by atoms with E-state index < -0.39 is 5.60 Å². The second-order valence-electron chi connectivity index (χ2n) is 5.86. The Morgan fingerprint density at radius 3 is 2.68 bits per heavy atom. The number of amides is 2. The lowest BCUT2D eigenvalue weighted by atomic mass is 9.98. The van der Waals surface area contributed by atoms with Crippen LogP contribution in [0.1, 0.15) is 42.5 Å². The summed E-state index contributed by atoms with van der Waals surface area (Å²) >= 11 is 0. The molecule has 1 fully saturated rings. The molecular formula is C16H19N3O3. The molecule has 0 aliphatic heterocycles. The second kappa shape index (κ2) is 5.81. The van der Waals surface area contributed by atoms with Gasteiger partial charge in [-0.2, -0.15) is 0 Å². The first-order valence-corrected chi connectivity index (χ1v) is 7.45. The van der Waals surface area contributed by atoms with Gasteiger partial charge in [-0.25, -0.2) is 0 Å². The Kier molecular flexibility index (Phi) is 3.85. The van der Waals surface area contributed by atoms with Crippen LogP contribution in [-0.2, 0) is 4.79 Å². The molecular weight excluding hydrogens is 282 g/mol. The quantitative estimate of drug-likeness (QED) is 0.649. The fourth-order valence-corrected chi connectivity index (χ4v) is 3.01. The number of hydrogen-bond acceptors (Lipinski definition) is 3. The lowest BCUT2D eigenvalue weighted by Crippen LogP contribution is -2.44. The Balaban J connectivity index is 1.59. The third-order valence-electron chi connectivity index (χ3n) is 4.17. The second-order valence-corrected chi connectivity index (χ2v) is 5.86. The monoisotopic (exact) mass is 301 g/mol. The zero-order chi connectivity index (χ0) is 15.6. The lowest BCUT2D eigenvalue weighted by molar-refractivity contribution is -0.126. The van der Waals surface area contributed by atoms with Gasteiger partial charge in [0.2, 0.25) is 5.91 Å². The first-order valence-electron chi connectivity index (χ1n) is 7.45. The Labute approximate surface area is 127 Å². The highest BCUT2D eigenvalue weighted by molar-refractivity contribution is 6.07. The van der Waals surface area contributed by atoms with Gasteiger partial charge in [0.05, 0.1) is 17.6 Å². The number of rotatable bonds is 3. The molecule has 2 aromatic rings. The summed E-state index contributed by atoms with van der Waals surface area (Å²) in [5, 5.41) is 11.0. The summed E-state index contributed by atoms with van der Waals surface area (Å²) in [5.74, 6) is -0.762. The van der Waals surface area contributed by atoms with Crippen LogP contribution < -0.4 is 10.9 Å². The van der Waals surface area contributed by atoms with Gasteiger partial charge in [-0.05, 0) is 18.9 Å². The molecule has 6 heteroatoms. The highest BCUT2D eigenvalue weighted by atomic mass is 16.3. The van der Waals surface area contributed by atoms with E-state index in [4.69, 9.17) is 0 Å². The van der Waals surface area contributed by atoms with Crippen molar-refractivity contribution in [1.82, 2.24) is 15.8 Å². The molecule has 1 heterocycles. The van der Waals surface area contributed by atoms with E-state index in [9.17, 15) is 14.7 Å². The molecule has 0 radical (unpaired) electrons. The minimum atomic E-state index is -0.921. The van der Waals surface area contributed by atoms with E-state index in [1.165, 1.54) is 0 Å². The van der Waals surface area contributed by atoms with Crippen LogP contribution in [0.5, 0.6) is 0 Å². The first kappa shape index (κ1) is 14.6. The van der Waals surface area contributed by atoms with E-state index in [2.05, 4.69) is 15.8 Å². The standard InChI is InChI=1S/C16H19N3O3/c20-14(9-16(22)7-3-4-8-16)18-19-15(21)12-10-17-13-6-2-1-5-11(12)13/h1-2,5-6,10,17,22H,3-4,7-9H2,(H,18,20)(H,19,21). The molecule has 1 saturated carbocycles. The van der Waals surface area contributed by atoms with Gasteiger partial charge >= 0.3 is 0 Å². The number of hydrogen-bond donors (Lipinski definition) is 4. The number of fused-ring (bicyclic) bond motifs is 1. The predicted octanol–water partition coefficient (Wildman–Crippen LogP) is 1.62. The molecule has 0 saturated heterocycles. The van der Waals surface area contributed by atoms with E-state index in [0.29, 0.717) is 18.4 Å². The molecule has 1 aromatic carbocycles. The maximum absolute atomic E-state index is 12.1. The summed E-state index contributed by atoms with van der Waals surface area (Å²) in [6.45, 7) is 0. The summed E-state index contributed by atoms with van der Waals surface area (Å²) in [6, 6.07) is 7.44. The van der Waals surface area contributed by atoms with Gasteiger partial charge in [-0.1, -0.05) is 31.0 Å². The molecule has 0 spiro atoms. The summed E-state index contributed by atoms with van der Waals surface area (Å²) < 4.78 is 0. The van der Waals surface area contributed by atoms with Crippen molar-refractivity contribution in [2.45, 2.75) is 37.7 Å². The molecule has 0 bridgehead atoms. The molecule has 116 valence electrons. The van der Waals surface area contributed by atoms with Crippen LogP contribution in [-0.4, -0.2) is 27.5 Å². The Morgan fingerprint density at radius 1 is 1.18 bits per heavy atom. The minimum absolute atomic E-state index is 0.0150. The number of aromatic amines is 1. The number of nitrogens with one attached hydrogen (secondary N) is 3. The van der Waals surface area contributed by atoms with Crippen LogP contribution in [0.4, 0.5) is 0 Å². The van der Waals surface area contributed by atoms with Gasteiger partial charge < -0.3 is 10.1 Å². The zero-order valence-electron chi connectivity index (χ0n) is 12.2. The van der Waals surface area contributed by atoms with Gasteiger partial charge in [0, 0.05) is 17.1 Å². The van der Waals surface area contributed by atoms with Crippen molar-refractivity contribution < 1.29 is 14.7 Å². The molecule has 22 heavy (non-hydrogen) atoms. The average Bonchev–Trinajstić information content (AvgIpc) is 3.11. The first-order chi connectivity index (χ1) is 10.6. The van der Waals surface area contributed by atoms with Crippen LogP contribution in [0.3, 0.4) is 0 Å². The summed E-state index contributed by atoms with van der Waals surface area (Å²) in [6.07, 6.45) is 4.77. The number of aromatic nitrogens is 1. The van der Waals surface area contributed by atoms with Crippen molar-refractivity contribution in [3.63, 3.8) is 0 Å². The van der Waals surface area contributed by atoms with Crippen molar-refractivity contribution in [2.24, 2.45) is 0 Å². The molecule has 1 aromatic heterocycles. The van der Waals surface area contributed by atoms with E-state index in [-0.39, 0.29) is 18.2 Å². The minimum Gasteiger partial charge on any atom is -0.389 e. The van der Waals surface area contributed by atoms with Crippen LogP contribution in [0.25, 0.3) is 10.9 Å². The topological polar surface area (TPSA) is 94.2 Å². The van der Waals surface area contributed by atoms with Gasteiger partial charge in [0.15, 0.2) is 0 Å². The molecule has 0 unspecified atom stereocenters. The summed E-state index contributed by atoms with van der Waals surface area (Å²) in [7, 11) is 0. The Hall–Kier alpha value is -2.34. The van der Waals surface area contributed by atoms with Crippen LogP contribution in [0, 0.1) is 0 Å². The third-order valence-corrected chi connectivity index (χ3v) is 4.17. The van der Waals surface area contributed by atoms with Gasteiger partial charge in [-0.15, -0.1) is 0 Å². The van der Waals surface area contributed by atoms with Crippen LogP contribution in [0.2, 0.25) is 0 Å². The molecule has 1 aliphatic rings. The number of carbonyl (C=O) groups is 2. The van der Waals surface area contributed by atoms with E-state index in [1.807, 2.05) is 24.3 Å². The van der Waals surface area contributed by atoms with Gasteiger partial charge in [-0.3, -0.25) is 20.4 Å². The lowest BCUT2D eigenvalue weighted by Gasteiger charge is -2.21. The van der Waals surface area contributed by atoms with Crippen LogP contribution in [0.15, 0.2) is 30.5 Å². The number of H-pyrrole nitrogens is 1. The molecule has 1 aliphatic carbocycles. The number of hydrazine groups is 1. The molecule has 0 atom stereocenters. The molecule has 4 N–H and O–H groups in total. The number of para-hydroxylation sites is 1. The predicted molar refractivity (Wildman–Crippen MR) is 81.9 cm³/mol. The largest absolute Gasteiger partial charge is 0.389 e. The summed E-state index contributed by atoms with van der Waals surface area (Å²) in [5.41, 5.74) is 5.18. The Bertz CT molecular complexity index is 701. The van der Waals surface area contributed by atoms with Crippen molar-refractivity contribution in [3.05, 3.63) is 36.0 Å². The van der Waals surface area contributed by atoms with Crippen molar-refractivity contribution in [3.8, 4) is 0 Å². The normalized spacial score (nSPS) is 16.6. The molecule has 2 amide bonds. The highest BCUT2D eigenvalue weighted by Gasteiger charge is 2.33. The Morgan fingerprint density at radius 2 is 1.91 bits per heavy atom. The smallest absolute Gasteiger partial charge is 0.271 e. The van der Waals surface area contributed by atoms with E-state index in [1.54, 1.807) is 6.20 Å². The maximum atomic E-state index is 12.1. The highest BCUT2D eigenvalue weighted by Crippen LogP contribution is 2.32. The third kappa shape index (κ3) is 2.96. The van der Waals surface area contributed by atoms with Crippen molar-refractivity contribution in [2.75, 3.05) is 0 Å². The fourth-order valence-electron chi connectivity index (χ4n) is 3.01. The number of carbonyl (C=O) groups excluding carboxylic acids is 2. The SMILES string of the molecule is O=C(CC1(O)CCCC1)NNC(=O)c1c[nH]c2ccccc12. The van der Waals surface area contributed by atoms with Crippen molar-refractivity contribution >= 4 is 22.7 Å². The maximum Gasteiger partial charge on any atom is 0.271 e. The zero-order valence-corrected chi connectivity index (χ0v) is 12.2. The number of benzene rings is 1. The fraction of sp³-hybridized carbons (Fsp3) is 0.375. The molecule has 3 rings (SSSR count). The van der Waals surface area contributed by atoms with E-state index >= 15 is 0 Å².